The van der Waals surface area contributed by atoms with Gasteiger partial charge in [-0.25, -0.2) is 14.5 Å². The molecule has 6 heteroatoms. The zero-order chi connectivity index (χ0) is 15.9. The molecule has 4 fully saturated rings. The van der Waals surface area contributed by atoms with Crippen LogP contribution in [0.25, 0.3) is 16.7 Å². The molecule has 0 unspecified atom stereocenters. The monoisotopic (exact) mass is 322 g/mol. The van der Waals surface area contributed by atoms with Crippen LogP contribution in [0.15, 0.2) is 12.5 Å². The standard InChI is InChI=1S/C18H22N6/c1-23-16-14(9-20-23)17-21-15(22-24(17)10-19-16)8-18-5-11-2-12(6-18)4-13(3-11)7-18/h9-13H,2-8H2,1H3. The molecule has 0 aromatic carbocycles. The maximum absolute atomic E-state index is 4.89. The molecule has 0 saturated heterocycles. The first kappa shape index (κ1) is 13.3. The molecule has 4 bridgehead atoms. The minimum absolute atomic E-state index is 0.473. The molecular formula is C18H22N6. The fraction of sp³-hybridized carbons (Fsp3) is 0.667. The van der Waals surface area contributed by atoms with E-state index in [2.05, 4.69) is 10.1 Å². The van der Waals surface area contributed by atoms with Gasteiger partial charge in [-0.15, -0.1) is 5.10 Å². The van der Waals surface area contributed by atoms with E-state index in [-0.39, 0.29) is 0 Å². The number of hydrogen-bond donors (Lipinski definition) is 0. The Kier molecular flexibility index (Phi) is 2.41. The molecule has 3 aromatic rings. The Hall–Kier alpha value is -1.98. The highest BCUT2D eigenvalue weighted by Crippen LogP contribution is 2.60. The molecule has 4 aliphatic carbocycles. The summed E-state index contributed by atoms with van der Waals surface area (Å²) >= 11 is 0. The second-order valence-corrected chi connectivity index (χ2v) is 8.64. The Balaban J connectivity index is 1.41. The normalized spacial score (nSPS) is 34.6. The smallest absolute Gasteiger partial charge is 0.170 e. The summed E-state index contributed by atoms with van der Waals surface area (Å²) in [7, 11) is 1.92. The maximum atomic E-state index is 4.89. The van der Waals surface area contributed by atoms with Crippen LogP contribution in [0.3, 0.4) is 0 Å². The molecule has 4 saturated carbocycles. The van der Waals surface area contributed by atoms with Gasteiger partial charge in [-0.1, -0.05) is 0 Å². The molecule has 4 aliphatic rings. The molecule has 24 heavy (non-hydrogen) atoms. The highest BCUT2D eigenvalue weighted by Gasteiger charge is 2.51. The van der Waals surface area contributed by atoms with E-state index in [4.69, 9.17) is 10.1 Å². The van der Waals surface area contributed by atoms with Crippen LogP contribution in [0.4, 0.5) is 0 Å². The summed E-state index contributed by atoms with van der Waals surface area (Å²) in [5, 5.41) is 10.1. The van der Waals surface area contributed by atoms with Gasteiger partial charge in [-0.05, 0) is 61.7 Å². The molecule has 0 amide bonds. The zero-order valence-electron chi connectivity index (χ0n) is 14.0. The van der Waals surface area contributed by atoms with Crippen molar-refractivity contribution >= 4 is 16.7 Å². The second kappa shape index (κ2) is 4.35. The number of aryl methyl sites for hydroxylation is 1. The highest BCUT2D eigenvalue weighted by atomic mass is 15.3. The van der Waals surface area contributed by atoms with Gasteiger partial charge in [-0.3, -0.25) is 4.68 Å². The van der Waals surface area contributed by atoms with Crippen LogP contribution < -0.4 is 0 Å². The van der Waals surface area contributed by atoms with Crippen LogP contribution in [-0.2, 0) is 13.5 Å². The number of aromatic nitrogens is 6. The first-order valence-corrected chi connectivity index (χ1v) is 9.19. The summed E-state index contributed by atoms with van der Waals surface area (Å²) in [6.45, 7) is 0. The third-order valence-electron chi connectivity index (χ3n) is 6.81. The van der Waals surface area contributed by atoms with E-state index >= 15 is 0 Å². The number of hydrogen-bond acceptors (Lipinski definition) is 4. The fourth-order valence-electron chi connectivity index (χ4n) is 6.40. The first-order chi connectivity index (χ1) is 11.7. The minimum Gasteiger partial charge on any atom is -0.250 e. The lowest BCUT2D eigenvalue weighted by molar-refractivity contribution is -0.0531. The average molecular weight is 322 g/mol. The molecular weight excluding hydrogens is 300 g/mol. The van der Waals surface area contributed by atoms with Gasteiger partial charge >= 0.3 is 0 Å². The van der Waals surface area contributed by atoms with Crippen molar-refractivity contribution in [2.45, 2.75) is 44.9 Å². The molecule has 7 rings (SSSR count). The Bertz CT molecular complexity index is 916. The predicted octanol–water partition coefficient (Wildman–Crippen LogP) is 2.77. The number of rotatable bonds is 2. The predicted molar refractivity (Wildman–Crippen MR) is 89.4 cm³/mol. The summed E-state index contributed by atoms with van der Waals surface area (Å²) in [4.78, 5) is 9.36. The molecule has 0 spiro atoms. The van der Waals surface area contributed by atoms with Crippen molar-refractivity contribution in [3.05, 3.63) is 18.3 Å². The van der Waals surface area contributed by atoms with E-state index in [1.165, 1.54) is 38.5 Å². The highest BCUT2D eigenvalue weighted by molar-refractivity contribution is 5.88. The Morgan fingerprint density at radius 2 is 1.79 bits per heavy atom. The van der Waals surface area contributed by atoms with E-state index in [1.807, 2.05) is 17.8 Å². The molecule has 0 N–H and O–H groups in total. The molecule has 124 valence electrons. The topological polar surface area (TPSA) is 60.9 Å². The largest absolute Gasteiger partial charge is 0.250 e. The van der Waals surface area contributed by atoms with E-state index < -0.39 is 0 Å². The van der Waals surface area contributed by atoms with E-state index in [1.54, 1.807) is 11.0 Å². The Morgan fingerprint density at radius 3 is 2.50 bits per heavy atom. The zero-order valence-corrected chi connectivity index (χ0v) is 14.0. The third kappa shape index (κ3) is 1.77. The average Bonchev–Trinajstić information content (AvgIpc) is 3.08. The summed E-state index contributed by atoms with van der Waals surface area (Å²) in [5.41, 5.74) is 2.24. The van der Waals surface area contributed by atoms with Crippen molar-refractivity contribution in [2.75, 3.05) is 0 Å². The van der Waals surface area contributed by atoms with Crippen molar-refractivity contribution < 1.29 is 0 Å². The Labute approximate surface area is 140 Å². The van der Waals surface area contributed by atoms with Crippen molar-refractivity contribution in [2.24, 2.45) is 30.2 Å². The van der Waals surface area contributed by atoms with Crippen LogP contribution in [0.1, 0.15) is 44.3 Å². The van der Waals surface area contributed by atoms with Gasteiger partial charge in [0.05, 0.1) is 11.6 Å². The summed E-state index contributed by atoms with van der Waals surface area (Å²) in [6.07, 6.45) is 13.3. The van der Waals surface area contributed by atoms with E-state index in [0.29, 0.717) is 5.41 Å². The van der Waals surface area contributed by atoms with Gasteiger partial charge in [0.25, 0.3) is 0 Å². The summed E-state index contributed by atoms with van der Waals surface area (Å²) in [5.74, 6) is 3.91. The van der Waals surface area contributed by atoms with Gasteiger partial charge in [0, 0.05) is 13.5 Å². The molecule has 3 aromatic heterocycles. The van der Waals surface area contributed by atoms with E-state index in [9.17, 15) is 0 Å². The van der Waals surface area contributed by atoms with Gasteiger partial charge in [0.15, 0.2) is 17.1 Å². The van der Waals surface area contributed by atoms with Crippen LogP contribution in [0, 0.1) is 23.2 Å². The SMILES string of the molecule is Cn1ncc2c1ncn1nc(CC34CC5CC(CC(C5)C3)C4)nc21. The van der Waals surface area contributed by atoms with E-state index in [0.717, 1.165) is 46.7 Å². The lowest BCUT2D eigenvalue weighted by Crippen LogP contribution is -2.47. The van der Waals surface area contributed by atoms with Crippen LogP contribution in [-0.4, -0.2) is 29.4 Å². The molecule has 3 heterocycles. The van der Waals surface area contributed by atoms with Crippen molar-refractivity contribution in [3.8, 4) is 0 Å². The van der Waals surface area contributed by atoms with Crippen LogP contribution >= 0.6 is 0 Å². The minimum atomic E-state index is 0.473. The van der Waals surface area contributed by atoms with Crippen molar-refractivity contribution in [3.63, 3.8) is 0 Å². The molecule has 0 atom stereocenters. The second-order valence-electron chi connectivity index (χ2n) is 8.64. The van der Waals surface area contributed by atoms with Gasteiger partial charge in [0.1, 0.15) is 6.33 Å². The van der Waals surface area contributed by atoms with Gasteiger partial charge < -0.3 is 0 Å². The quantitative estimate of drug-likeness (QED) is 0.728. The third-order valence-corrected chi connectivity index (χ3v) is 6.81. The van der Waals surface area contributed by atoms with Gasteiger partial charge in [-0.2, -0.15) is 5.10 Å². The summed E-state index contributed by atoms with van der Waals surface area (Å²) < 4.78 is 3.63. The van der Waals surface area contributed by atoms with Crippen LogP contribution in [0.5, 0.6) is 0 Å². The number of fused-ring (bicyclic) bond motifs is 3. The maximum Gasteiger partial charge on any atom is 0.170 e. The van der Waals surface area contributed by atoms with Crippen molar-refractivity contribution in [1.29, 1.82) is 0 Å². The van der Waals surface area contributed by atoms with Crippen LogP contribution in [0.2, 0.25) is 0 Å². The number of nitrogens with zero attached hydrogens (tertiary/aromatic N) is 6. The Morgan fingerprint density at radius 1 is 1.08 bits per heavy atom. The van der Waals surface area contributed by atoms with Crippen molar-refractivity contribution in [1.82, 2.24) is 29.4 Å². The molecule has 0 aliphatic heterocycles. The van der Waals surface area contributed by atoms with Gasteiger partial charge in [0.2, 0.25) is 0 Å². The summed E-state index contributed by atoms with van der Waals surface area (Å²) in [6, 6.07) is 0. The molecule has 6 nitrogen and oxygen atoms in total. The molecule has 0 radical (unpaired) electrons. The lowest BCUT2D eigenvalue weighted by Gasteiger charge is -2.56. The first-order valence-electron chi connectivity index (χ1n) is 9.19. The lowest BCUT2D eigenvalue weighted by atomic mass is 9.49. The fourth-order valence-corrected chi connectivity index (χ4v) is 6.40.